The van der Waals surface area contributed by atoms with Crippen LogP contribution in [0.5, 0.6) is 0 Å². The second-order valence-corrected chi connectivity index (χ2v) is 6.70. The van der Waals surface area contributed by atoms with Gasteiger partial charge in [0.25, 0.3) is 0 Å². The van der Waals surface area contributed by atoms with Crippen molar-refractivity contribution in [3.05, 3.63) is 66.2 Å². The number of rotatable bonds is 4. The van der Waals surface area contributed by atoms with Gasteiger partial charge < -0.3 is 5.11 Å². The molecular weight excluding hydrogens is 260 g/mol. The number of hydrogen-bond donors (Lipinski definition) is 1. The summed E-state index contributed by atoms with van der Waals surface area (Å²) in [4.78, 5) is 0.228. The minimum Gasteiger partial charge on any atom is -0.384 e. The molecule has 0 saturated carbocycles. The quantitative estimate of drug-likeness (QED) is 0.932. The predicted molar refractivity (Wildman–Crippen MR) is 74.5 cm³/mol. The standard InChI is InChI=1S/C15H16O3S/c1-15(16,13-8-4-2-5-9-13)12-19(17,18)14-10-6-3-7-11-14/h2-11,16H,12H2,1H3. The highest BCUT2D eigenvalue weighted by molar-refractivity contribution is 7.91. The van der Waals surface area contributed by atoms with Gasteiger partial charge in [-0.25, -0.2) is 8.42 Å². The fourth-order valence-electron chi connectivity index (χ4n) is 1.96. The van der Waals surface area contributed by atoms with Crippen LogP contribution in [-0.2, 0) is 15.4 Å². The van der Waals surface area contributed by atoms with E-state index in [9.17, 15) is 13.5 Å². The molecule has 2 rings (SSSR count). The number of benzene rings is 2. The van der Waals surface area contributed by atoms with Crippen LogP contribution >= 0.6 is 0 Å². The minimum atomic E-state index is -3.52. The average Bonchev–Trinajstić information content (AvgIpc) is 2.40. The fourth-order valence-corrected chi connectivity index (χ4v) is 3.61. The summed E-state index contributed by atoms with van der Waals surface area (Å²) in [6, 6.07) is 17.0. The Hall–Kier alpha value is -1.65. The molecule has 4 heteroatoms. The van der Waals surface area contributed by atoms with Gasteiger partial charge >= 0.3 is 0 Å². The molecule has 0 heterocycles. The Bertz CT molecular complexity index is 632. The van der Waals surface area contributed by atoms with Gasteiger partial charge in [-0.2, -0.15) is 0 Å². The van der Waals surface area contributed by atoms with E-state index in [-0.39, 0.29) is 10.6 Å². The molecule has 19 heavy (non-hydrogen) atoms. The van der Waals surface area contributed by atoms with Crippen molar-refractivity contribution in [3.8, 4) is 0 Å². The molecule has 0 amide bonds. The summed E-state index contributed by atoms with van der Waals surface area (Å²) in [5.74, 6) is -0.339. The first-order chi connectivity index (χ1) is 8.92. The molecule has 2 aromatic rings. The Kier molecular flexibility index (Phi) is 3.73. The van der Waals surface area contributed by atoms with Crippen molar-refractivity contribution >= 4 is 9.84 Å². The van der Waals surface area contributed by atoms with Crippen molar-refractivity contribution < 1.29 is 13.5 Å². The van der Waals surface area contributed by atoms with E-state index in [4.69, 9.17) is 0 Å². The topological polar surface area (TPSA) is 54.4 Å². The van der Waals surface area contributed by atoms with Crippen LogP contribution in [0.1, 0.15) is 12.5 Å². The van der Waals surface area contributed by atoms with Gasteiger partial charge in [-0.3, -0.25) is 0 Å². The summed E-state index contributed by atoms with van der Waals surface area (Å²) in [6.07, 6.45) is 0. The van der Waals surface area contributed by atoms with Crippen LogP contribution in [0, 0.1) is 0 Å². The molecule has 0 aliphatic heterocycles. The van der Waals surface area contributed by atoms with Crippen LogP contribution in [-0.4, -0.2) is 19.3 Å². The molecule has 0 radical (unpaired) electrons. The van der Waals surface area contributed by atoms with Crippen LogP contribution in [0.4, 0.5) is 0 Å². The van der Waals surface area contributed by atoms with E-state index in [0.717, 1.165) is 0 Å². The molecule has 0 aliphatic rings. The molecule has 100 valence electrons. The minimum absolute atomic E-state index is 0.228. The maximum absolute atomic E-state index is 12.3. The van der Waals surface area contributed by atoms with Gasteiger partial charge in [0, 0.05) is 0 Å². The first kappa shape index (κ1) is 13.8. The van der Waals surface area contributed by atoms with Crippen molar-refractivity contribution in [2.45, 2.75) is 17.4 Å². The molecule has 0 aromatic heterocycles. The summed E-state index contributed by atoms with van der Waals surface area (Å²) in [5.41, 5.74) is -0.815. The Labute approximate surface area is 113 Å². The number of aliphatic hydroxyl groups is 1. The molecule has 0 saturated heterocycles. The molecule has 0 fully saturated rings. The zero-order valence-corrected chi connectivity index (χ0v) is 11.5. The summed E-state index contributed by atoms with van der Waals surface area (Å²) in [7, 11) is -3.52. The lowest BCUT2D eigenvalue weighted by Gasteiger charge is -2.23. The van der Waals surface area contributed by atoms with Crippen LogP contribution in [0.2, 0.25) is 0 Å². The maximum atomic E-state index is 12.3. The zero-order chi connectivity index (χ0) is 13.9. The van der Waals surface area contributed by atoms with Crippen LogP contribution < -0.4 is 0 Å². The number of sulfone groups is 1. The van der Waals surface area contributed by atoms with Crippen LogP contribution in [0.25, 0.3) is 0 Å². The first-order valence-electron chi connectivity index (χ1n) is 5.97. The van der Waals surface area contributed by atoms with Crippen LogP contribution in [0.15, 0.2) is 65.6 Å². The molecule has 3 nitrogen and oxygen atoms in total. The second-order valence-electron chi connectivity index (χ2n) is 4.71. The van der Waals surface area contributed by atoms with E-state index >= 15 is 0 Å². The summed E-state index contributed by atoms with van der Waals surface area (Å²) in [6.45, 7) is 1.52. The highest BCUT2D eigenvalue weighted by atomic mass is 32.2. The molecule has 1 unspecified atom stereocenters. The van der Waals surface area contributed by atoms with E-state index in [1.807, 2.05) is 6.07 Å². The smallest absolute Gasteiger partial charge is 0.181 e. The van der Waals surface area contributed by atoms with E-state index in [1.54, 1.807) is 42.5 Å². The first-order valence-corrected chi connectivity index (χ1v) is 7.63. The van der Waals surface area contributed by atoms with Gasteiger partial charge in [-0.15, -0.1) is 0 Å². The van der Waals surface area contributed by atoms with Crippen molar-refractivity contribution in [2.24, 2.45) is 0 Å². The average molecular weight is 276 g/mol. The number of hydrogen-bond acceptors (Lipinski definition) is 3. The summed E-state index contributed by atoms with van der Waals surface area (Å²) < 4.78 is 24.5. The van der Waals surface area contributed by atoms with Crippen LogP contribution in [0.3, 0.4) is 0 Å². The SMILES string of the molecule is CC(O)(CS(=O)(=O)c1ccccc1)c1ccccc1. The third kappa shape index (κ3) is 3.22. The largest absolute Gasteiger partial charge is 0.384 e. The molecular formula is C15H16O3S. The third-order valence-electron chi connectivity index (χ3n) is 2.97. The lowest BCUT2D eigenvalue weighted by molar-refractivity contribution is 0.0819. The van der Waals surface area contributed by atoms with Gasteiger partial charge in [0.05, 0.1) is 10.6 Å². The van der Waals surface area contributed by atoms with Gasteiger partial charge in [0.2, 0.25) is 0 Å². The summed E-state index contributed by atoms with van der Waals surface area (Å²) in [5, 5.41) is 10.4. The molecule has 0 bridgehead atoms. The van der Waals surface area contributed by atoms with Crippen molar-refractivity contribution in [1.29, 1.82) is 0 Å². The highest BCUT2D eigenvalue weighted by Crippen LogP contribution is 2.25. The Balaban J connectivity index is 2.31. The third-order valence-corrected chi connectivity index (χ3v) is 4.90. The van der Waals surface area contributed by atoms with Gasteiger partial charge in [0.1, 0.15) is 5.60 Å². The molecule has 2 aromatic carbocycles. The highest BCUT2D eigenvalue weighted by Gasteiger charge is 2.30. The van der Waals surface area contributed by atoms with Crippen molar-refractivity contribution in [2.75, 3.05) is 5.75 Å². The maximum Gasteiger partial charge on any atom is 0.181 e. The Morgan fingerprint density at radius 3 is 1.95 bits per heavy atom. The van der Waals surface area contributed by atoms with E-state index in [2.05, 4.69) is 0 Å². The molecule has 1 atom stereocenters. The second kappa shape index (κ2) is 5.15. The van der Waals surface area contributed by atoms with Gasteiger partial charge in [-0.1, -0.05) is 48.5 Å². The predicted octanol–water partition coefficient (Wildman–Crippen LogP) is 2.37. The van der Waals surface area contributed by atoms with E-state index in [0.29, 0.717) is 5.56 Å². The molecule has 0 spiro atoms. The monoisotopic (exact) mass is 276 g/mol. The fraction of sp³-hybridized carbons (Fsp3) is 0.200. The summed E-state index contributed by atoms with van der Waals surface area (Å²) >= 11 is 0. The Morgan fingerprint density at radius 1 is 0.947 bits per heavy atom. The molecule has 0 aliphatic carbocycles. The molecule has 1 N–H and O–H groups in total. The van der Waals surface area contributed by atoms with E-state index < -0.39 is 15.4 Å². The van der Waals surface area contributed by atoms with Gasteiger partial charge in [0.15, 0.2) is 9.84 Å². The van der Waals surface area contributed by atoms with Gasteiger partial charge in [-0.05, 0) is 24.6 Å². The lowest BCUT2D eigenvalue weighted by atomic mass is 9.99. The Morgan fingerprint density at radius 2 is 1.42 bits per heavy atom. The van der Waals surface area contributed by atoms with Crippen molar-refractivity contribution in [1.82, 2.24) is 0 Å². The van der Waals surface area contributed by atoms with E-state index in [1.165, 1.54) is 19.1 Å². The normalized spacial score (nSPS) is 14.8. The van der Waals surface area contributed by atoms with Crippen molar-refractivity contribution in [3.63, 3.8) is 0 Å². The zero-order valence-electron chi connectivity index (χ0n) is 10.7. The lowest BCUT2D eigenvalue weighted by Crippen LogP contribution is -2.31.